The lowest BCUT2D eigenvalue weighted by Gasteiger charge is -2.34. The lowest BCUT2D eigenvalue weighted by atomic mass is 10.1. The van der Waals surface area contributed by atoms with Crippen molar-refractivity contribution in [2.45, 2.75) is 43.1 Å². The van der Waals surface area contributed by atoms with Crippen LogP contribution in [0.2, 0.25) is 0 Å². The van der Waals surface area contributed by atoms with Gasteiger partial charge in [-0.25, -0.2) is 8.42 Å². The third-order valence-corrected chi connectivity index (χ3v) is 6.98. The normalized spacial score (nSPS) is 24.8. The first-order valence-corrected chi connectivity index (χ1v) is 9.13. The van der Waals surface area contributed by atoms with Gasteiger partial charge in [0.2, 0.25) is 10.0 Å². The van der Waals surface area contributed by atoms with Crippen molar-refractivity contribution < 1.29 is 8.42 Å². The molecule has 0 aliphatic carbocycles. The number of anilines is 1. The average molecular weight is 314 g/mol. The summed E-state index contributed by atoms with van der Waals surface area (Å²) in [7, 11) is -3.47. The van der Waals surface area contributed by atoms with E-state index in [0.717, 1.165) is 5.56 Å². The molecule has 2 rings (SSSR count). The molecule has 0 aromatic heterocycles. The van der Waals surface area contributed by atoms with Crippen LogP contribution in [0.5, 0.6) is 0 Å². The van der Waals surface area contributed by atoms with Gasteiger partial charge >= 0.3 is 0 Å². The Bertz CT molecular complexity index is 604. The molecule has 4 nitrogen and oxygen atoms in total. The second-order valence-corrected chi connectivity index (χ2v) is 9.26. The van der Waals surface area contributed by atoms with Crippen LogP contribution in [0, 0.1) is 13.8 Å². The third-order valence-electron chi connectivity index (χ3n) is 3.63. The molecular weight excluding hydrogens is 292 g/mol. The number of sulfonamides is 1. The number of nitrogens with two attached hydrogens (primary N) is 1. The summed E-state index contributed by atoms with van der Waals surface area (Å²) < 4.78 is 27.5. The van der Waals surface area contributed by atoms with Crippen molar-refractivity contribution in [1.82, 2.24) is 4.31 Å². The molecule has 0 radical (unpaired) electrons. The summed E-state index contributed by atoms with van der Waals surface area (Å²) in [6.07, 6.45) is 0. The molecule has 1 aromatic carbocycles. The van der Waals surface area contributed by atoms with E-state index in [-0.39, 0.29) is 0 Å². The summed E-state index contributed by atoms with van der Waals surface area (Å²) in [4.78, 5) is 0.379. The zero-order valence-electron chi connectivity index (χ0n) is 12.4. The number of aryl methyl sites for hydroxylation is 1. The van der Waals surface area contributed by atoms with Gasteiger partial charge in [-0.05, 0) is 31.0 Å². The highest BCUT2D eigenvalue weighted by atomic mass is 32.2. The van der Waals surface area contributed by atoms with Crippen LogP contribution in [0.25, 0.3) is 0 Å². The van der Waals surface area contributed by atoms with Crippen LogP contribution in [-0.2, 0) is 10.0 Å². The highest BCUT2D eigenvalue weighted by Crippen LogP contribution is 2.32. The smallest absolute Gasteiger partial charge is 0.243 e. The standard InChI is InChI=1S/C14H22N2O2S2/c1-9-5-6-13(15)12(4)14(9)20(17,18)16-7-10(2)19-11(3)8-16/h5-6,10-11H,7-8,15H2,1-4H3. The molecule has 0 spiro atoms. The van der Waals surface area contributed by atoms with E-state index in [1.54, 1.807) is 23.4 Å². The first kappa shape index (κ1) is 15.7. The summed E-state index contributed by atoms with van der Waals surface area (Å²) in [6.45, 7) is 8.87. The Hall–Kier alpha value is -0.720. The molecule has 20 heavy (non-hydrogen) atoms. The van der Waals surface area contributed by atoms with Crippen molar-refractivity contribution in [3.63, 3.8) is 0 Å². The fourth-order valence-corrected chi connectivity index (χ4v) is 6.29. The number of nitrogens with zero attached hydrogens (tertiary/aromatic N) is 1. The second-order valence-electron chi connectivity index (χ2n) is 5.51. The zero-order valence-corrected chi connectivity index (χ0v) is 14.0. The number of thioether (sulfide) groups is 1. The van der Waals surface area contributed by atoms with Gasteiger partial charge in [0.15, 0.2) is 0 Å². The van der Waals surface area contributed by atoms with Crippen LogP contribution in [0.3, 0.4) is 0 Å². The molecule has 1 fully saturated rings. The summed E-state index contributed by atoms with van der Waals surface area (Å²) in [5, 5.41) is 0.630. The minimum absolute atomic E-state index is 0.315. The van der Waals surface area contributed by atoms with E-state index in [0.29, 0.717) is 39.7 Å². The first-order valence-electron chi connectivity index (χ1n) is 6.74. The quantitative estimate of drug-likeness (QED) is 0.852. The molecule has 0 bridgehead atoms. The Morgan fingerprint density at radius 2 is 1.75 bits per heavy atom. The molecule has 0 amide bonds. The van der Waals surface area contributed by atoms with Crippen molar-refractivity contribution in [3.05, 3.63) is 23.3 Å². The van der Waals surface area contributed by atoms with E-state index in [9.17, 15) is 8.42 Å². The maximum atomic E-state index is 12.9. The predicted molar refractivity (Wildman–Crippen MR) is 85.6 cm³/mol. The fourth-order valence-electron chi connectivity index (χ4n) is 2.70. The third kappa shape index (κ3) is 2.82. The number of benzene rings is 1. The Labute approximate surface area is 125 Å². The van der Waals surface area contributed by atoms with Crippen LogP contribution in [0.4, 0.5) is 5.69 Å². The van der Waals surface area contributed by atoms with E-state index in [2.05, 4.69) is 13.8 Å². The molecule has 0 saturated carbocycles. The number of hydrogen-bond acceptors (Lipinski definition) is 4. The van der Waals surface area contributed by atoms with Gasteiger partial charge in [-0.3, -0.25) is 0 Å². The van der Waals surface area contributed by atoms with E-state index < -0.39 is 10.0 Å². The van der Waals surface area contributed by atoms with Gasteiger partial charge in [0.05, 0.1) is 4.90 Å². The molecule has 2 atom stereocenters. The second kappa shape index (κ2) is 5.58. The molecule has 6 heteroatoms. The van der Waals surface area contributed by atoms with E-state index in [1.807, 2.05) is 18.7 Å². The Morgan fingerprint density at radius 3 is 2.30 bits per heavy atom. The van der Waals surface area contributed by atoms with Crippen LogP contribution in [0.1, 0.15) is 25.0 Å². The van der Waals surface area contributed by atoms with Gasteiger partial charge < -0.3 is 5.73 Å². The van der Waals surface area contributed by atoms with Crippen LogP contribution >= 0.6 is 11.8 Å². The SMILES string of the molecule is Cc1ccc(N)c(C)c1S(=O)(=O)N1CC(C)SC(C)C1. The topological polar surface area (TPSA) is 63.4 Å². The maximum Gasteiger partial charge on any atom is 0.243 e. The van der Waals surface area contributed by atoms with Gasteiger partial charge in [0, 0.05) is 29.3 Å². The predicted octanol–water partition coefficient (Wildman–Crippen LogP) is 2.40. The Morgan fingerprint density at radius 1 is 1.20 bits per heavy atom. The van der Waals surface area contributed by atoms with E-state index in [1.165, 1.54) is 0 Å². The first-order chi connectivity index (χ1) is 9.23. The zero-order chi connectivity index (χ0) is 15.1. The molecule has 2 N–H and O–H groups in total. The van der Waals surface area contributed by atoms with Gasteiger partial charge in [-0.1, -0.05) is 19.9 Å². The molecular formula is C14H22N2O2S2. The van der Waals surface area contributed by atoms with Crippen molar-refractivity contribution in [3.8, 4) is 0 Å². The van der Waals surface area contributed by atoms with Gasteiger partial charge in [-0.15, -0.1) is 0 Å². The summed E-state index contributed by atoms with van der Waals surface area (Å²) >= 11 is 1.84. The highest BCUT2D eigenvalue weighted by Gasteiger charge is 2.34. The average Bonchev–Trinajstić information content (AvgIpc) is 2.33. The maximum absolute atomic E-state index is 12.9. The lowest BCUT2D eigenvalue weighted by Crippen LogP contribution is -2.44. The molecule has 1 heterocycles. The minimum Gasteiger partial charge on any atom is -0.398 e. The van der Waals surface area contributed by atoms with Crippen molar-refractivity contribution in [2.75, 3.05) is 18.8 Å². The Balaban J connectivity index is 2.48. The van der Waals surface area contributed by atoms with Crippen LogP contribution in [-0.4, -0.2) is 36.3 Å². The molecule has 2 unspecified atom stereocenters. The molecule has 1 aliphatic rings. The van der Waals surface area contributed by atoms with Crippen LogP contribution in [0.15, 0.2) is 17.0 Å². The van der Waals surface area contributed by atoms with Crippen molar-refractivity contribution in [2.24, 2.45) is 0 Å². The Kier molecular flexibility index (Phi) is 4.37. The van der Waals surface area contributed by atoms with Crippen molar-refractivity contribution in [1.29, 1.82) is 0 Å². The van der Waals surface area contributed by atoms with Crippen LogP contribution < -0.4 is 5.73 Å². The van der Waals surface area contributed by atoms with E-state index in [4.69, 9.17) is 5.73 Å². The summed E-state index contributed by atoms with van der Waals surface area (Å²) in [5.74, 6) is 0. The van der Waals surface area contributed by atoms with Crippen molar-refractivity contribution >= 4 is 27.5 Å². The largest absolute Gasteiger partial charge is 0.398 e. The van der Waals surface area contributed by atoms with E-state index >= 15 is 0 Å². The highest BCUT2D eigenvalue weighted by molar-refractivity contribution is 8.00. The molecule has 1 aromatic rings. The molecule has 1 saturated heterocycles. The summed E-state index contributed by atoms with van der Waals surface area (Å²) in [5.41, 5.74) is 7.83. The number of nitrogen functional groups attached to an aromatic ring is 1. The monoisotopic (exact) mass is 314 g/mol. The van der Waals surface area contributed by atoms with Gasteiger partial charge in [0.25, 0.3) is 0 Å². The summed E-state index contributed by atoms with van der Waals surface area (Å²) in [6, 6.07) is 3.54. The minimum atomic E-state index is -3.47. The van der Waals surface area contributed by atoms with Gasteiger partial charge in [0.1, 0.15) is 0 Å². The molecule has 112 valence electrons. The molecule has 1 aliphatic heterocycles. The lowest BCUT2D eigenvalue weighted by molar-refractivity contribution is 0.404. The van der Waals surface area contributed by atoms with Gasteiger partial charge in [-0.2, -0.15) is 16.1 Å². The number of hydrogen-bond donors (Lipinski definition) is 1. The fraction of sp³-hybridized carbons (Fsp3) is 0.571. The number of rotatable bonds is 2.